The number of fused-ring (bicyclic) bond motifs is 1. The molecule has 216 valence electrons. The predicted molar refractivity (Wildman–Crippen MR) is 155 cm³/mol. The fraction of sp³-hybridized carbons (Fsp3) is 0.345. The molecule has 1 aliphatic heterocycles. The van der Waals surface area contributed by atoms with Crippen molar-refractivity contribution in [2.45, 2.75) is 57.6 Å². The average molecular weight is 601 g/mol. The van der Waals surface area contributed by atoms with Crippen molar-refractivity contribution in [2.24, 2.45) is 0 Å². The maximum Gasteiger partial charge on any atom is 0.310 e. The van der Waals surface area contributed by atoms with E-state index in [-0.39, 0.29) is 39.5 Å². The lowest BCUT2D eigenvalue weighted by atomic mass is 9.90. The predicted octanol–water partition coefficient (Wildman–Crippen LogP) is 5.73. The van der Waals surface area contributed by atoms with Crippen molar-refractivity contribution in [1.82, 2.24) is 0 Å². The third-order valence-corrected chi connectivity index (χ3v) is 9.26. The smallest absolute Gasteiger partial charge is 0.310 e. The molecule has 1 N–H and O–H groups in total. The number of esters is 3. The maximum absolute atomic E-state index is 13.5. The highest BCUT2D eigenvalue weighted by molar-refractivity contribution is 8.77. The van der Waals surface area contributed by atoms with Gasteiger partial charge < -0.3 is 23.7 Å². The Hall–Kier alpha value is -3.77. The maximum atomic E-state index is 13.5. The van der Waals surface area contributed by atoms with Crippen LogP contribution in [0.5, 0.6) is 17.2 Å². The molecule has 3 aromatic rings. The molecule has 10 nitrogen and oxygen atoms in total. The number of carboxylic acids is 1. The fourth-order valence-electron chi connectivity index (χ4n) is 4.60. The molecular weight excluding hydrogens is 572 g/mol. The number of hydrogen-bond acceptors (Lipinski definition) is 11. The molecule has 12 heteroatoms. The number of rotatable bonds is 10. The van der Waals surface area contributed by atoms with E-state index in [1.54, 1.807) is 0 Å². The van der Waals surface area contributed by atoms with Crippen molar-refractivity contribution in [3.63, 3.8) is 0 Å². The highest BCUT2D eigenvalue weighted by Crippen LogP contribution is 2.41. The third-order valence-electron chi connectivity index (χ3n) is 6.25. The van der Waals surface area contributed by atoms with Gasteiger partial charge in [-0.15, -0.1) is 0 Å². The zero-order chi connectivity index (χ0) is 29.7. The molecular formula is C29H28O10S2. The first kappa shape index (κ1) is 30.2. The van der Waals surface area contributed by atoms with Gasteiger partial charge in [-0.3, -0.25) is 24.0 Å². The van der Waals surface area contributed by atoms with E-state index >= 15 is 0 Å². The third kappa shape index (κ3) is 7.70. The van der Waals surface area contributed by atoms with Gasteiger partial charge in [0.1, 0.15) is 17.1 Å². The van der Waals surface area contributed by atoms with E-state index in [0.29, 0.717) is 23.7 Å². The largest absolute Gasteiger partial charge is 0.481 e. The van der Waals surface area contributed by atoms with Crippen LogP contribution in [0, 0.1) is 0 Å². The lowest BCUT2D eigenvalue weighted by Crippen LogP contribution is -2.16. The van der Waals surface area contributed by atoms with Gasteiger partial charge in [0, 0.05) is 49.5 Å². The first-order valence-corrected chi connectivity index (χ1v) is 15.2. The summed E-state index contributed by atoms with van der Waals surface area (Å²) in [4.78, 5) is 60.8. The molecule has 0 saturated carbocycles. The van der Waals surface area contributed by atoms with Crippen LogP contribution in [0.1, 0.15) is 57.9 Å². The summed E-state index contributed by atoms with van der Waals surface area (Å²) in [6.07, 6.45) is 2.87. The Bertz CT molecular complexity index is 1560. The van der Waals surface area contributed by atoms with Crippen molar-refractivity contribution in [3.05, 3.63) is 52.2 Å². The summed E-state index contributed by atoms with van der Waals surface area (Å²) in [5.41, 5.74) is 0.0363. The molecule has 0 bridgehead atoms. The number of carbonyl (C=O) groups is 4. The molecule has 1 saturated heterocycles. The molecule has 41 heavy (non-hydrogen) atoms. The second-order valence-electron chi connectivity index (χ2n) is 9.45. The normalized spacial score (nSPS) is 15.3. The van der Waals surface area contributed by atoms with E-state index in [1.165, 1.54) is 57.2 Å². The van der Waals surface area contributed by atoms with Gasteiger partial charge in [-0.1, -0.05) is 28.0 Å². The zero-order valence-corrected chi connectivity index (χ0v) is 24.2. The van der Waals surface area contributed by atoms with Gasteiger partial charge in [0.05, 0.1) is 11.3 Å². The minimum absolute atomic E-state index is 0.00193. The van der Waals surface area contributed by atoms with E-state index in [4.69, 9.17) is 18.6 Å². The van der Waals surface area contributed by atoms with Crippen molar-refractivity contribution in [2.75, 3.05) is 5.75 Å². The Morgan fingerprint density at radius 2 is 1.68 bits per heavy atom. The monoisotopic (exact) mass is 600 g/mol. The summed E-state index contributed by atoms with van der Waals surface area (Å²) >= 11 is 0. The van der Waals surface area contributed by atoms with Crippen LogP contribution in [-0.2, 0) is 19.2 Å². The molecule has 2 atom stereocenters. The van der Waals surface area contributed by atoms with Gasteiger partial charge in [-0.25, -0.2) is 0 Å². The number of ether oxygens (including phenoxy) is 3. The van der Waals surface area contributed by atoms with Gasteiger partial charge in [0.25, 0.3) is 0 Å². The van der Waals surface area contributed by atoms with Crippen molar-refractivity contribution in [3.8, 4) is 28.6 Å². The van der Waals surface area contributed by atoms with E-state index in [0.717, 1.165) is 18.6 Å². The van der Waals surface area contributed by atoms with Crippen LogP contribution in [0.15, 0.2) is 45.6 Å². The minimum atomic E-state index is -1.10. The summed E-state index contributed by atoms with van der Waals surface area (Å²) in [5.74, 6) is -2.91. The number of benzene rings is 2. The lowest BCUT2D eigenvalue weighted by Gasteiger charge is -2.17. The van der Waals surface area contributed by atoms with Gasteiger partial charge in [0.15, 0.2) is 16.9 Å². The van der Waals surface area contributed by atoms with Crippen LogP contribution in [0.25, 0.3) is 22.3 Å². The second-order valence-corrected chi connectivity index (χ2v) is 12.2. The molecule has 1 aromatic heterocycles. The van der Waals surface area contributed by atoms with Crippen LogP contribution in [0.2, 0.25) is 0 Å². The molecule has 2 unspecified atom stereocenters. The topological polar surface area (TPSA) is 146 Å². The average Bonchev–Trinajstić information content (AvgIpc) is 3.39. The summed E-state index contributed by atoms with van der Waals surface area (Å²) in [6.45, 7) is 3.59. The van der Waals surface area contributed by atoms with Crippen LogP contribution in [0.3, 0.4) is 0 Å². The summed E-state index contributed by atoms with van der Waals surface area (Å²) < 4.78 is 21.6. The van der Waals surface area contributed by atoms with Gasteiger partial charge in [0.2, 0.25) is 0 Å². The SMILES string of the molecule is CC(=O)Oc1cc(C(CCCC2CCSS2)C(=O)O)c2c(=O)cc(-c3ccc(OC(C)=O)c(OC(C)=O)c3)oc2c1. The Morgan fingerprint density at radius 1 is 0.976 bits per heavy atom. The second kappa shape index (κ2) is 13.3. The highest BCUT2D eigenvalue weighted by Gasteiger charge is 2.27. The highest BCUT2D eigenvalue weighted by atomic mass is 33.1. The molecule has 1 aliphatic rings. The fourth-order valence-corrected chi connectivity index (χ4v) is 7.62. The van der Waals surface area contributed by atoms with Gasteiger partial charge >= 0.3 is 23.9 Å². The molecule has 4 rings (SSSR count). The molecule has 0 radical (unpaired) electrons. The van der Waals surface area contributed by atoms with Crippen molar-refractivity contribution in [1.29, 1.82) is 0 Å². The minimum Gasteiger partial charge on any atom is -0.481 e. The zero-order valence-electron chi connectivity index (χ0n) is 22.6. The summed E-state index contributed by atoms with van der Waals surface area (Å²) in [6, 6.07) is 8.25. The molecule has 0 spiro atoms. The number of aliphatic carboxylic acids is 1. The molecule has 0 aliphatic carbocycles. The Balaban J connectivity index is 1.80. The Morgan fingerprint density at radius 3 is 2.32 bits per heavy atom. The van der Waals surface area contributed by atoms with E-state index in [2.05, 4.69) is 0 Å². The number of carboxylic acid groups (broad SMARTS) is 1. The Kier molecular flexibility index (Phi) is 9.77. The molecule has 0 amide bonds. The number of hydrogen-bond donors (Lipinski definition) is 1. The van der Waals surface area contributed by atoms with Crippen molar-refractivity contribution < 1.29 is 42.9 Å². The van der Waals surface area contributed by atoms with E-state index in [9.17, 15) is 29.1 Å². The van der Waals surface area contributed by atoms with Crippen LogP contribution in [-0.4, -0.2) is 40.0 Å². The summed E-state index contributed by atoms with van der Waals surface area (Å²) in [7, 11) is 3.63. The van der Waals surface area contributed by atoms with Crippen LogP contribution < -0.4 is 19.6 Å². The first-order chi connectivity index (χ1) is 19.5. The molecule has 2 heterocycles. The van der Waals surface area contributed by atoms with E-state index in [1.807, 2.05) is 21.6 Å². The molecule has 1 fully saturated rings. The quantitative estimate of drug-likeness (QED) is 0.172. The summed E-state index contributed by atoms with van der Waals surface area (Å²) in [5, 5.41) is 10.7. The van der Waals surface area contributed by atoms with Crippen molar-refractivity contribution >= 4 is 56.4 Å². The molecule has 2 aromatic carbocycles. The standard InChI is InChI=1S/C29H28O10S2/c1-15(30)36-19-12-22(21(29(34)35)6-4-5-20-9-10-40-41-20)28-23(33)14-25(39-27(28)13-19)18-7-8-24(37-16(2)31)26(11-18)38-17(3)32/h7-8,11-14,20-21H,4-6,9-10H2,1-3H3,(H,34,35). The van der Waals surface area contributed by atoms with Gasteiger partial charge in [-0.2, -0.15) is 0 Å². The van der Waals surface area contributed by atoms with E-state index < -0.39 is 35.2 Å². The van der Waals surface area contributed by atoms with Crippen LogP contribution >= 0.6 is 21.6 Å². The van der Waals surface area contributed by atoms with Gasteiger partial charge in [-0.05, 0) is 49.1 Å². The first-order valence-electron chi connectivity index (χ1n) is 12.8. The number of carbonyl (C=O) groups excluding carboxylic acids is 3. The van der Waals surface area contributed by atoms with Crippen LogP contribution in [0.4, 0.5) is 0 Å². The Labute approximate surface area is 243 Å². The lowest BCUT2D eigenvalue weighted by molar-refractivity contribution is -0.139.